The van der Waals surface area contributed by atoms with Gasteiger partial charge in [-0.2, -0.15) is 0 Å². The van der Waals surface area contributed by atoms with Gasteiger partial charge in [0.2, 0.25) is 12.7 Å². The van der Waals surface area contributed by atoms with Crippen molar-refractivity contribution in [3.05, 3.63) is 35.7 Å². The number of fused-ring (bicyclic) bond motifs is 1. The highest BCUT2D eigenvalue weighted by molar-refractivity contribution is 5.92. The van der Waals surface area contributed by atoms with Crippen LogP contribution in [0.15, 0.2) is 24.3 Å². The van der Waals surface area contributed by atoms with E-state index in [2.05, 4.69) is 22.2 Å². The molecule has 0 aliphatic carbocycles. The monoisotopic (exact) mass is 354 g/mol. The smallest absolute Gasteiger partial charge is 0.272 e. The molecule has 1 aromatic heterocycles. The lowest BCUT2D eigenvalue weighted by Crippen LogP contribution is -2.38. The summed E-state index contributed by atoms with van der Waals surface area (Å²) in [6, 6.07) is 7.28. The Kier molecular flexibility index (Phi) is 4.36. The SMILES string of the molecule is Cc1cc(C(=O)N2CCC(C)CC2)nc(Nc2ccc3c(c2)OCO3)n1. The van der Waals surface area contributed by atoms with Crippen molar-refractivity contribution < 1.29 is 14.3 Å². The number of carbonyl (C=O) groups excluding carboxylic acids is 1. The number of aryl methyl sites for hydroxylation is 1. The fourth-order valence-corrected chi connectivity index (χ4v) is 3.21. The lowest BCUT2D eigenvalue weighted by atomic mass is 9.99. The second-order valence-electron chi connectivity index (χ2n) is 6.89. The molecule has 1 aromatic carbocycles. The van der Waals surface area contributed by atoms with Crippen LogP contribution in [0.4, 0.5) is 11.6 Å². The van der Waals surface area contributed by atoms with Crippen molar-refractivity contribution in [2.45, 2.75) is 26.7 Å². The highest BCUT2D eigenvalue weighted by Crippen LogP contribution is 2.34. The van der Waals surface area contributed by atoms with Gasteiger partial charge in [0, 0.05) is 30.5 Å². The standard InChI is InChI=1S/C19H22N4O3/c1-12-5-7-23(8-6-12)18(24)15-9-13(2)20-19(22-15)21-14-3-4-16-17(10-14)26-11-25-16/h3-4,9-10,12H,5-8,11H2,1-2H3,(H,20,21,22). The third-order valence-electron chi connectivity index (χ3n) is 4.77. The van der Waals surface area contributed by atoms with Gasteiger partial charge < -0.3 is 19.7 Å². The van der Waals surface area contributed by atoms with Crippen LogP contribution < -0.4 is 14.8 Å². The molecule has 1 saturated heterocycles. The molecule has 7 heteroatoms. The number of hydrogen-bond donors (Lipinski definition) is 1. The van der Waals surface area contributed by atoms with Gasteiger partial charge in [0.15, 0.2) is 11.5 Å². The maximum Gasteiger partial charge on any atom is 0.272 e. The number of piperidine rings is 1. The van der Waals surface area contributed by atoms with E-state index in [4.69, 9.17) is 9.47 Å². The minimum Gasteiger partial charge on any atom is -0.454 e. The topological polar surface area (TPSA) is 76.6 Å². The molecule has 7 nitrogen and oxygen atoms in total. The van der Waals surface area contributed by atoms with Gasteiger partial charge in [0.05, 0.1) is 0 Å². The quantitative estimate of drug-likeness (QED) is 0.913. The average Bonchev–Trinajstić information content (AvgIpc) is 3.09. The molecular formula is C19H22N4O3. The molecule has 2 aliphatic rings. The molecule has 2 aliphatic heterocycles. The molecule has 136 valence electrons. The van der Waals surface area contributed by atoms with E-state index in [1.54, 1.807) is 6.07 Å². The summed E-state index contributed by atoms with van der Waals surface area (Å²) >= 11 is 0. The number of nitrogens with one attached hydrogen (secondary N) is 1. The van der Waals surface area contributed by atoms with Crippen molar-refractivity contribution >= 4 is 17.5 Å². The van der Waals surface area contributed by atoms with E-state index in [9.17, 15) is 4.79 Å². The maximum atomic E-state index is 12.8. The van der Waals surface area contributed by atoms with E-state index < -0.39 is 0 Å². The molecule has 2 aromatic rings. The molecule has 0 saturated carbocycles. The van der Waals surface area contributed by atoms with E-state index in [-0.39, 0.29) is 12.7 Å². The highest BCUT2D eigenvalue weighted by Gasteiger charge is 2.23. The zero-order valence-corrected chi connectivity index (χ0v) is 15.0. The summed E-state index contributed by atoms with van der Waals surface area (Å²) in [7, 11) is 0. The summed E-state index contributed by atoms with van der Waals surface area (Å²) in [5.41, 5.74) is 1.96. The highest BCUT2D eigenvalue weighted by atomic mass is 16.7. The predicted molar refractivity (Wildman–Crippen MR) is 96.9 cm³/mol. The second kappa shape index (κ2) is 6.82. The van der Waals surface area contributed by atoms with Gasteiger partial charge >= 0.3 is 0 Å². The van der Waals surface area contributed by atoms with Crippen LogP contribution in [0.5, 0.6) is 11.5 Å². The minimum absolute atomic E-state index is 0.0314. The van der Waals surface area contributed by atoms with Crippen LogP contribution in [0.1, 0.15) is 35.9 Å². The lowest BCUT2D eigenvalue weighted by Gasteiger charge is -2.30. The number of anilines is 2. The van der Waals surface area contributed by atoms with E-state index >= 15 is 0 Å². The number of ether oxygens (including phenoxy) is 2. The average molecular weight is 354 g/mol. The first kappa shape index (κ1) is 16.6. The Morgan fingerprint density at radius 1 is 1.15 bits per heavy atom. The van der Waals surface area contributed by atoms with E-state index in [0.29, 0.717) is 23.3 Å². The summed E-state index contributed by atoms with van der Waals surface area (Å²) in [6.07, 6.45) is 2.08. The number of rotatable bonds is 3. The van der Waals surface area contributed by atoms with Crippen molar-refractivity contribution in [2.75, 3.05) is 25.2 Å². The molecule has 3 heterocycles. The Morgan fingerprint density at radius 3 is 2.73 bits per heavy atom. The molecule has 26 heavy (non-hydrogen) atoms. The molecule has 1 fully saturated rings. The van der Waals surface area contributed by atoms with Crippen molar-refractivity contribution in [3.8, 4) is 11.5 Å². The third-order valence-corrected chi connectivity index (χ3v) is 4.77. The van der Waals surface area contributed by atoms with Crippen LogP contribution in [-0.2, 0) is 0 Å². The minimum atomic E-state index is -0.0314. The van der Waals surface area contributed by atoms with Crippen molar-refractivity contribution in [1.82, 2.24) is 14.9 Å². The first-order valence-corrected chi connectivity index (χ1v) is 8.90. The van der Waals surface area contributed by atoms with Gasteiger partial charge in [-0.05, 0) is 43.9 Å². The zero-order chi connectivity index (χ0) is 18.1. The normalized spacial score (nSPS) is 16.6. The molecule has 0 spiro atoms. The van der Waals surface area contributed by atoms with Gasteiger partial charge in [-0.25, -0.2) is 9.97 Å². The lowest BCUT2D eigenvalue weighted by molar-refractivity contribution is 0.0691. The number of likely N-dealkylation sites (tertiary alicyclic amines) is 1. The fraction of sp³-hybridized carbons (Fsp3) is 0.421. The number of amides is 1. The van der Waals surface area contributed by atoms with Crippen LogP contribution in [0.25, 0.3) is 0 Å². The number of hydrogen-bond acceptors (Lipinski definition) is 6. The number of aromatic nitrogens is 2. The van der Waals surface area contributed by atoms with Crippen LogP contribution >= 0.6 is 0 Å². The number of carbonyl (C=O) groups is 1. The Balaban J connectivity index is 1.53. The maximum absolute atomic E-state index is 12.8. The van der Waals surface area contributed by atoms with Gasteiger partial charge in [0.1, 0.15) is 5.69 Å². The summed E-state index contributed by atoms with van der Waals surface area (Å²) in [5.74, 6) is 2.44. The summed E-state index contributed by atoms with van der Waals surface area (Å²) < 4.78 is 10.7. The van der Waals surface area contributed by atoms with E-state index in [0.717, 1.165) is 43.1 Å². The van der Waals surface area contributed by atoms with Gasteiger partial charge in [0.25, 0.3) is 5.91 Å². The van der Waals surface area contributed by atoms with Crippen LogP contribution in [0, 0.1) is 12.8 Å². The van der Waals surface area contributed by atoms with Crippen molar-refractivity contribution in [3.63, 3.8) is 0 Å². The van der Waals surface area contributed by atoms with E-state index in [1.807, 2.05) is 30.0 Å². The van der Waals surface area contributed by atoms with Crippen LogP contribution in [0.2, 0.25) is 0 Å². The van der Waals surface area contributed by atoms with Gasteiger partial charge in [-0.1, -0.05) is 6.92 Å². The molecule has 1 amide bonds. The molecule has 0 unspecified atom stereocenters. The largest absolute Gasteiger partial charge is 0.454 e. The summed E-state index contributed by atoms with van der Waals surface area (Å²) in [5, 5.41) is 3.15. The molecule has 0 bridgehead atoms. The molecule has 1 N–H and O–H groups in total. The Bertz CT molecular complexity index is 832. The Labute approximate surface area is 152 Å². The molecule has 0 radical (unpaired) electrons. The van der Waals surface area contributed by atoms with Crippen molar-refractivity contribution in [2.24, 2.45) is 5.92 Å². The van der Waals surface area contributed by atoms with Gasteiger partial charge in [-0.3, -0.25) is 4.79 Å². The zero-order valence-electron chi connectivity index (χ0n) is 15.0. The molecule has 0 atom stereocenters. The summed E-state index contributed by atoms with van der Waals surface area (Å²) in [6.45, 7) is 5.89. The third kappa shape index (κ3) is 3.42. The van der Waals surface area contributed by atoms with Crippen LogP contribution in [-0.4, -0.2) is 40.7 Å². The predicted octanol–water partition coefficient (Wildman–Crippen LogP) is 3.13. The Morgan fingerprint density at radius 2 is 1.92 bits per heavy atom. The van der Waals surface area contributed by atoms with E-state index in [1.165, 1.54) is 0 Å². The van der Waals surface area contributed by atoms with Crippen molar-refractivity contribution in [1.29, 1.82) is 0 Å². The molecular weight excluding hydrogens is 332 g/mol. The number of nitrogens with zero attached hydrogens (tertiary/aromatic N) is 3. The van der Waals surface area contributed by atoms with Gasteiger partial charge in [-0.15, -0.1) is 0 Å². The fourth-order valence-electron chi connectivity index (χ4n) is 3.21. The second-order valence-corrected chi connectivity index (χ2v) is 6.89. The molecule has 4 rings (SSSR count). The summed E-state index contributed by atoms with van der Waals surface area (Å²) in [4.78, 5) is 23.5. The Hall–Kier alpha value is -2.83. The first-order chi connectivity index (χ1) is 12.6. The van der Waals surface area contributed by atoms with Crippen LogP contribution in [0.3, 0.4) is 0 Å². The first-order valence-electron chi connectivity index (χ1n) is 8.90. The number of benzene rings is 1.